The van der Waals surface area contributed by atoms with Crippen LogP contribution in [0.4, 0.5) is 4.79 Å². The Morgan fingerprint density at radius 3 is 2.50 bits per heavy atom. The highest BCUT2D eigenvalue weighted by Crippen LogP contribution is 2.18. The summed E-state index contributed by atoms with van der Waals surface area (Å²) in [5.41, 5.74) is 2.23. The summed E-state index contributed by atoms with van der Waals surface area (Å²) >= 11 is 0. The molecule has 2 amide bonds. The summed E-state index contributed by atoms with van der Waals surface area (Å²) in [6.07, 6.45) is 3.31. The lowest BCUT2D eigenvalue weighted by Crippen LogP contribution is -2.31. The molecule has 2 aromatic carbocycles. The van der Waals surface area contributed by atoms with E-state index in [1.807, 2.05) is 24.3 Å². The van der Waals surface area contributed by atoms with Crippen molar-refractivity contribution in [3.05, 3.63) is 71.4 Å². The van der Waals surface area contributed by atoms with Crippen LogP contribution >= 0.6 is 0 Å². The number of hydrogen-bond acceptors (Lipinski definition) is 4. The van der Waals surface area contributed by atoms with E-state index in [-0.39, 0.29) is 12.0 Å². The Hall–Kier alpha value is -3.28. The van der Waals surface area contributed by atoms with Crippen molar-refractivity contribution >= 4 is 18.1 Å². The molecule has 0 unspecified atom stereocenters. The van der Waals surface area contributed by atoms with Crippen molar-refractivity contribution in [2.24, 2.45) is 0 Å². The molecule has 0 fully saturated rings. The standard InChI is InChI=1S/C20H22N2O4/c1-3-26-19(23)17-10-8-15(9-11-17)14-22-20(24)21-13-12-16-6-4-5-7-18(16)25-2/h4-13H,3,14H2,1-2H3,(H2,21,22,24)/b13-12+. The van der Waals surface area contributed by atoms with E-state index in [4.69, 9.17) is 9.47 Å². The second-order valence-corrected chi connectivity index (χ2v) is 5.32. The number of carbonyl (C=O) groups excluding carboxylic acids is 2. The number of carbonyl (C=O) groups is 2. The van der Waals surface area contributed by atoms with E-state index in [2.05, 4.69) is 10.6 Å². The first-order valence-corrected chi connectivity index (χ1v) is 8.24. The van der Waals surface area contributed by atoms with E-state index in [1.54, 1.807) is 50.6 Å². The van der Waals surface area contributed by atoms with Gasteiger partial charge in [-0.3, -0.25) is 0 Å². The van der Waals surface area contributed by atoms with Crippen LogP contribution in [-0.2, 0) is 11.3 Å². The predicted molar refractivity (Wildman–Crippen MR) is 99.8 cm³/mol. The van der Waals surface area contributed by atoms with Crippen LogP contribution < -0.4 is 15.4 Å². The Morgan fingerprint density at radius 2 is 1.81 bits per heavy atom. The van der Waals surface area contributed by atoms with E-state index in [0.29, 0.717) is 18.7 Å². The van der Waals surface area contributed by atoms with Gasteiger partial charge in [0, 0.05) is 18.3 Å². The maximum atomic E-state index is 11.8. The third-order valence-electron chi connectivity index (χ3n) is 3.53. The van der Waals surface area contributed by atoms with Crippen LogP contribution in [0.3, 0.4) is 0 Å². The zero-order valence-electron chi connectivity index (χ0n) is 14.8. The van der Waals surface area contributed by atoms with Crippen LogP contribution in [0.25, 0.3) is 6.08 Å². The Kier molecular flexibility index (Phi) is 7.24. The Bertz CT molecular complexity index is 770. The number of urea groups is 1. The second kappa shape index (κ2) is 9.88. The minimum absolute atomic E-state index is 0.328. The molecule has 0 bridgehead atoms. The van der Waals surface area contributed by atoms with Gasteiger partial charge in [-0.2, -0.15) is 0 Å². The van der Waals surface area contributed by atoms with Crippen molar-refractivity contribution in [2.75, 3.05) is 13.7 Å². The van der Waals surface area contributed by atoms with Gasteiger partial charge in [0.15, 0.2) is 0 Å². The molecule has 0 aliphatic rings. The fourth-order valence-electron chi connectivity index (χ4n) is 2.22. The molecule has 0 aromatic heterocycles. The lowest BCUT2D eigenvalue weighted by atomic mass is 10.1. The monoisotopic (exact) mass is 354 g/mol. The number of ether oxygens (including phenoxy) is 2. The number of nitrogens with one attached hydrogen (secondary N) is 2. The number of esters is 1. The predicted octanol–water partition coefficient (Wildman–Crippen LogP) is 3.34. The topological polar surface area (TPSA) is 76.7 Å². The van der Waals surface area contributed by atoms with Gasteiger partial charge in [0.1, 0.15) is 5.75 Å². The number of methoxy groups -OCH3 is 1. The van der Waals surface area contributed by atoms with Crippen LogP contribution in [0, 0.1) is 0 Å². The average molecular weight is 354 g/mol. The van der Waals surface area contributed by atoms with Gasteiger partial charge >= 0.3 is 12.0 Å². The zero-order valence-corrected chi connectivity index (χ0v) is 14.8. The van der Waals surface area contributed by atoms with Gasteiger partial charge in [-0.1, -0.05) is 30.3 Å². The highest BCUT2D eigenvalue weighted by atomic mass is 16.5. The van der Waals surface area contributed by atoms with Crippen LogP contribution in [0.1, 0.15) is 28.4 Å². The van der Waals surface area contributed by atoms with Crippen molar-refractivity contribution in [2.45, 2.75) is 13.5 Å². The van der Waals surface area contributed by atoms with Crippen molar-refractivity contribution in [1.82, 2.24) is 10.6 Å². The molecular formula is C20H22N2O4. The lowest BCUT2D eigenvalue weighted by molar-refractivity contribution is 0.0526. The van der Waals surface area contributed by atoms with Crippen LogP contribution in [0.15, 0.2) is 54.7 Å². The van der Waals surface area contributed by atoms with Gasteiger partial charge in [-0.05, 0) is 36.8 Å². The Labute approximate surface area is 152 Å². The molecule has 0 atom stereocenters. The molecule has 0 radical (unpaired) electrons. The maximum absolute atomic E-state index is 11.8. The number of amides is 2. The lowest BCUT2D eigenvalue weighted by Gasteiger charge is -2.07. The summed E-state index contributed by atoms with van der Waals surface area (Å²) in [5.74, 6) is 0.374. The molecule has 6 heteroatoms. The third-order valence-corrected chi connectivity index (χ3v) is 3.53. The molecule has 0 saturated heterocycles. The number of para-hydroxylation sites is 1. The second-order valence-electron chi connectivity index (χ2n) is 5.32. The summed E-state index contributed by atoms with van der Waals surface area (Å²) in [5, 5.41) is 5.38. The van der Waals surface area contributed by atoms with Gasteiger partial charge in [0.25, 0.3) is 0 Å². The average Bonchev–Trinajstić information content (AvgIpc) is 2.67. The normalized spacial score (nSPS) is 10.4. The van der Waals surface area contributed by atoms with Crippen molar-refractivity contribution in [3.8, 4) is 5.75 Å². The minimum Gasteiger partial charge on any atom is -0.496 e. The molecule has 0 spiro atoms. The van der Waals surface area contributed by atoms with Gasteiger partial charge < -0.3 is 20.1 Å². The van der Waals surface area contributed by atoms with E-state index >= 15 is 0 Å². The van der Waals surface area contributed by atoms with Crippen molar-refractivity contribution in [3.63, 3.8) is 0 Å². The smallest absolute Gasteiger partial charge is 0.338 e. The molecule has 26 heavy (non-hydrogen) atoms. The van der Waals surface area contributed by atoms with Gasteiger partial charge in [0.2, 0.25) is 0 Å². The number of rotatable bonds is 7. The molecule has 2 N–H and O–H groups in total. The first-order chi connectivity index (χ1) is 12.6. The van der Waals surface area contributed by atoms with Crippen molar-refractivity contribution in [1.29, 1.82) is 0 Å². The zero-order chi connectivity index (χ0) is 18.8. The summed E-state index contributed by atoms with van der Waals surface area (Å²) in [6, 6.07) is 14.1. The number of benzene rings is 2. The maximum Gasteiger partial charge on any atom is 0.338 e. The van der Waals surface area contributed by atoms with E-state index < -0.39 is 0 Å². The fourth-order valence-corrected chi connectivity index (χ4v) is 2.22. The first kappa shape index (κ1) is 19.1. The van der Waals surface area contributed by atoms with Crippen molar-refractivity contribution < 1.29 is 19.1 Å². The van der Waals surface area contributed by atoms with E-state index in [9.17, 15) is 9.59 Å². The van der Waals surface area contributed by atoms with E-state index in [1.165, 1.54) is 0 Å². The highest BCUT2D eigenvalue weighted by Gasteiger charge is 2.06. The third kappa shape index (κ3) is 5.66. The molecule has 136 valence electrons. The fraction of sp³-hybridized carbons (Fsp3) is 0.200. The van der Waals surface area contributed by atoms with Crippen LogP contribution in [-0.4, -0.2) is 25.7 Å². The Balaban J connectivity index is 1.81. The summed E-state index contributed by atoms with van der Waals surface area (Å²) < 4.78 is 10.2. The first-order valence-electron chi connectivity index (χ1n) is 8.24. The minimum atomic E-state index is -0.355. The van der Waals surface area contributed by atoms with Gasteiger partial charge in [-0.15, -0.1) is 0 Å². The molecule has 2 rings (SSSR count). The highest BCUT2D eigenvalue weighted by molar-refractivity contribution is 5.89. The van der Waals surface area contributed by atoms with Gasteiger partial charge in [-0.25, -0.2) is 9.59 Å². The summed E-state index contributed by atoms with van der Waals surface area (Å²) in [7, 11) is 1.60. The summed E-state index contributed by atoms with van der Waals surface area (Å²) in [6.45, 7) is 2.44. The largest absolute Gasteiger partial charge is 0.496 e. The molecule has 6 nitrogen and oxygen atoms in total. The molecule has 0 heterocycles. The van der Waals surface area contributed by atoms with Crippen LogP contribution in [0.5, 0.6) is 5.75 Å². The molecule has 0 saturated carbocycles. The number of hydrogen-bond donors (Lipinski definition) is 2. The van der Waals surface area contributed by atoms with Crippen LogP contribution in [0.2, 0.25) is 0 Å². The SMILES string of the molecule is CCOC(=O)c1ccc(CNC(=O)N/C=C/c2ccccc2OC)cc1. The quantitative estimate of drug-likeness (QED) is 0.748. The molecule has 0 aliphatic heterocycles. The Morgan fingerprint density at radius 1 is 1.08 bits per heavy atom. The molecular weight excluding hydrogens is 332 g/mol. The molecule has 2 aromatic rings. The van der Waals surface area contributed by atoms with Gasteiger partial charge in [0.05, 0.1) is 19.3 Å². The van der Waals surface area contributed by atoms with E-state index in [0.717, 1.165) is 16.9 Å². The molecule has 0 aliphatic carbocycles. The summed E-state index contributed by atoms with van der Waals surface area (Å²) in [4.78, 5) is 23.4.